The second kappa shape index (κ2) is 8.18. The molecule has 0 spiro atoms. The van der Waals surface area contributed by atoms with Gasteiger partial charge in [-0.25, -0.2) is 13.8 Å². The first-order valence-corrected chi connectivity index (χ1v) is 10.9. The van der Waals surface area contributed by atoms with Crippen LogP contribution in [0.1, 0.15) is 25.3 Å². The summed E-state index contributed by atoms with van der Waals surface area (Å²) in [6, 6.07) is 12.5. The minimum absolute atomic E-state index is 0.114. The van der Waals surface area contributed by atoms with Crippen LogP contribution in [0.15, 0.2) is 42.5 Å². The van der Waals surface area contributed by atoms with Crippen LogP contribution in [0, 0.1) is 18.7 Å². The zero-order valence-corrected chi connectivity index (χ0v) is 18.1. The number of halogens is 1. The maximum absolute atomic E-state index is 14.7. The molecule has 1 saturated heterocycles. The van der Waals surface area contributed by atoms with E-state index < -0.39 is 0 Å². The van der Waals surface area contributed by atoms with Crippen LogP contribution in [0.4, 0.5) is 10.3 Å². The highest BCUT2D eigenvalue weighted by molar-refractivity contribution is 5.94. The third kappa shape index (κ3) is 3.45. The monoisotopic (exact) mass is 433 g/mol. The number of rotatable bonds is 4. The highest BCUT2D eigenvalue weighted by Crippen LogP contribution is 2.32. The number of nitrogens with zero attached hydrogens (tertiary/aromatic N) is 5. The maximum atomic E-state index is 14.7. The summed E-state index contributed by atoms with van der Waals surface area (Å²) in [5.74, 6) is 0.448. The normalized spacial score (nSPS) is 14.9. The smallest absolute Gasteiger partial charge is 0.309 e. The number of ether oxygens (including phenoxy) is 1. The molecule has 0 bridgehead atoms. The van der Waals surface area contributed by atoms with Gasteiger partial charge in [0.15, 0.2) is 11.5 Å². The van der Waals surface area contributed by atoms with Gasteiger partial charge in [-0.2, -0.15) is 0 Å². The van der Waals surface area contributed by atoms with E-state index in [-0.39, 0.29) is 17.7 Å². The summed E-state index contributed by atoms with van der Waals surface area (Å²) < 4.78 is 21.7. The van der Waals surface area contributed by atoms with Crippen molar-refractivity contribution >= 4 is 28.5 Å². The number of hydrogen-bond acceptors (Lipinski definition) is 6. The molecule has 7 nitrogen and oxygen atoms in total. The van der Waals surface area contributed by atoms with E-state index in [1.165, 1.54) is 6.07 Å². The van der Waals surface area contributed by atoms with Crippen LogP contribution < -0.4 is 4.90 Å². The molecule has 0 unspecified atom stereocenters. The molecule has 0 radical (unpaired) electrons. The molecule has 0 amide bonds. The topological polar surface area (TPSA) is 72.6 Å². The summed E-state index contributed by atoms with van der Waals surface area (Å²) in [5, 5.41) is 9.66. The van der Waals surface area contributed by atoms with Crippen molar-refractivity contribution in [2.75, 3.05) is 24.6 Å². The standard InChI is InChI=1S/C24H24FN5O2/c1-3-32-23(31)16-10-12-29(13-11-16)24-26-20-9-8-15(2)14-18(20)22-28-27-21(30(22)24)17-6-4-5-7-19(17)25/h4-9,14,16H,3,10-13H2,1-2H3. The fourth-order valence-corrected chi connectivity index (χ4v) is 4.34. The van der Waals surface area contributed by atoms with E-state index in [0.717, 1.165) is 16.5 Å². The van der Waals surface area contributed by atoms with Gasteiger partial charge in [-0.15, -0.1) is 10.2 Å². The number of anilines is 1. The average Bonchev–Trinajstić information content (AvgIpc) is 3.24. The van der Waals surface area contributed by atoms with Gasteiger partial charge in [-0.1, -0.05) is 23.8 Å². The molecule has 0 saturated carbocycles. The number of aromatic nitrogens is 4. The lowest BCUT2D eigenvalue weighted by Gasteiger charge is -2.32. The van der Waals surface area contributed by atoms with E-state index in [1.807, 2.05) is 36.4 Å². The SMILES string of the molecule is CCOC(=O)C1CCN(c2nc3ccc(C)cc3c3nnc(-c4ccccc4F)n23)CC1. The van der Waals surface area contributed by atoms with Crippen LogP contribution >= 0.6 is 0 Å². The van der Waals surface area contributed by atoms with Gasteiger partial charge >= 0.3 is 5.97 Å². The van der Waals surface area contributed by atoms with Crippen LogP contribution in [0.25, 0.3) is 27.9 Å². The number of carbonyl (C=O) groups excluding carboxylic acids is 1. The first kappa shape index (κ1) is 20.4. The Labute approximate surface area is 184 Å². The Bertz CT molecular complexity index is 1310. The minimum Gasteiger partial charge on any atom is -0.466 e. The fraction of sp³-hybridized carbons (Fsp3) is 0.333. The average molecular weight is 433 g/mol. The third-order valence-electron chi connectivity index (χ3n) is 5.99. The van der Waals surface area contributed by atoms with Crippen LogP contribution in [0.5, 0.6) is 0 Å². The predicted molar refractivity (Wildman–Crippen MR) is 120 cm³/mol. The van der Waals surface area contributed by atoms with Crippen molar-refractivity contribution < 1.29 is 13.9 Å². The van der Waals surface area contributed by atoms with Crippen molar-refractivity contribution in [2.45, 2.75) is 26.7 Å². The fourth-order valence-electron chi connectivity index (χ4n) is 4.34. The molecule has 32 heavy (non-hydrogen) atoms. The van der Waals surface area contributed by atoms with Gasteiger partial charge in [-0.3, -0.25) is 4.79 Å². The zero-order chi connectivity index (χ0) is 22.2. The number of hydrogen-bond donors (Lipinski definition) is 0. The molecule has 1 aliphatic heterocycles. The Morgan fingerprint density at radius 1 is 1.16 bits per heavy atom. The highest BCUT2D eigenvalue weighted by atomic mass is 19.1. The number of carbonyl (C=O) groups is 1. The number of piperidine rings is 1. The summed E-state index contributed by atoms with van der Waals surface area (Å²) >= 11 is 0. The van der Waals surface area contributed by atoms with E-state index in [2.05, 4.69) is 15.1 Å². The predicted octanol–water partition coefficient (Wildman–Crippen LogP) is 4.17. The van der Waals surface area contributed by atoms with Crippen molar-refractivity contribution in [1.82, 2.24) is 19.6 Å². The van der Waals surface area contributed by atoms with Gasteiger partial charge in [0.2, 0.25) is 5.95 Å². The molecule has 1 aliphatic rings. The van der Waals surface area contributed by atoms with Gasteiger partial charge in [-0.05, 0) is 51.0 Å². The van der Waals surface area contributed by atoms with E-state index in [1.54, 1.807) is 18.2 Å². The molecule has 4 aromatic rings. The molecule has 1 fully saturated rings. The molecular weight excluding hydrogens is 409 g/mol. The van der Waals surface area contributed by atoms with Gasteiger partial charge in [0.25, 0.3) is 0 Å². The molecule has 8 heteroatoms. The molecule has 0 atom stereocenters. The first-order chi connectivity index (χ1) is 15.6. The van der Waals surface area contributed by atoms with E-state index in [0.29, 0.717) is 55.5 Å². The lowest BCUT2D eigenvalue weighted by atomic mass is 9.97. The molecule has 2 aromatic heterocycles. The molecule has 0 aliphatic carbocycles. The molecule has 0 N–H and O–H groups in total. The Morgan fingerprint density at radius 3 is 2.69 bits per heavy atom. The van der Waals surface area contributed by atoms with Gasteiger partial charge in [0.05, 0.1) is 23.6 Å². The largest absolute Gasteiger partial charge is 0.466 e. The highest BCUT2D eigenvalue weighted by Gasteiger charge is 2.29. The van der Waals surface area contributed by atoms with Crippen LogP contribution in [0.3, 0.4) is 0 Å². The van der Waals surface area contributed by atoms with Crippen LogP contribution in [0.2, 0.25) is 0 Å². The summed E-state index contributed by atoms with van der Waals surface area (Å²) in [7, 11) is 0. The van der Waals surface area contributed by atoms with Crippen molar-refractivity contribution in [2.24, 2.45) is 5.92 Å². The Hall–Kier alpha value is -3.55. The van der Waals surface area contributed by atoms with E-state index in [9.17, 15) is 9.18 Å². The summed E-state index contributed by atoms with van der Waals surface area (Å²) in [4.78, 5) is 19.2. The Balaban J connectivity index is 1.64. The van der Waals surface area contributed by atoms with Gasteiger partial charge in [0, 0.05) is 18.5 Å². The molecule has 2 aromatic carbocycles. The number of benzene rings is 2. The second-order valence-electron chi connectivity index (χ2n) is 8.11. The zero-order valence-electron chi connectivity index (χ0n) is 18.1. The molecular formula is C24H24FN5O2. The summed E-state index contributed by atoms with van der Waals surface area (Å²) in [5.41, 5.74) is 2.90. The van der Waals surface area contributed by atoms with E-state index >= 15 is 0 Å². The quantitative estimate of drug-likeness (QED) is 0.450. The maximum Gasteiger partial charge on any atom is 0.309 e. The number of esters is 1. The van der Waals surface area contributed by atoms with Crippen molar-refractivity contribution in [3.8, 4) is 11.4 Å². The van der Waals surface area contributed by atoms with Gasteiger partial charge in [0.1, 0.15) is 5.82 Å². The molecule has 3 heterocycles. The first-order valence-electron chi connectivity index (χ1n) is 10.9. The van der Waals surface area contributed by atoms with Crippen LogP contribution in [-0.4, -0.2) is 45.2 Å². The lowest BCUT2D eigenvalue weighted by Crippen LogP contribution is -2.38. The lowest BCUT2D eigenvalue weighted by molar-refractivity contribution is -0.148. The minimum atomic E-state index is -0.363. The van der Waals surface area contributed by atoms with Crippen molar-refractivity contribution in [3.63, 3.8) is 0 Å². The molecule has 5 rings (SSSR count). The summed E-state index contributed by atoms with van der Waals surface area (Å²) in [6.07, 6.45) is 1.34. The van der Waals surface area contributed by atoms with Crippen molar-refractivity contribution in [1.29, 1.82) is 0 Å². The van der Waals surface area contributed by atoms with Gasteiger partial charge < -0.3 is 9.64 Å². The number of aryl methyl sites for hydroxylation is 1. The third-order valence-corrected chi connectivity index (χ3v) is 5.99. The van der Waals surface area contributed by atoms with Crippen LogP contribution in [-0.2, 0) is 9.53 Å². The number of fused-ring (bicyclic) bond motifs is 3. The van der Waals surface area contributed by atoms with Crippen molar-refractivity contribution in [3.05, 3.63) is 53.8 Å². The second-order valence-corrected chi connectivity index (χ2v) is 8.11. The summed E-state index contributed by atoms with van der Waals surface area (Å²) in [6.45, 7) is 5.49. The Kier molecular flexibility index (Phi) is 5.20. The Morgan fingerprint density at radius 2 is 1.94 bits per heavy atom. The van der Waals surface area contributed by atoms with E-state index in [4.69, 9.17) is 9.72 Å². The molecule has 164 valence electrons.